The maximum absolute atomic E-state index is 12.4. The highest BCUT2D eigenvalue weighted by molar-refractivity contribution is 5.91. The molecule has 2 heterocycles. The van der Waals surface area contributed by atoms with Gasteiger partial charge in [0.1, 0.15) is 0 Å². The number of fused-ring (bicyclic) bond motifs is 1. The van der Waals surface area contributed by atoms with Crippen molar-refractivity contribution in [3.63, 3.8) is 0 Å². The van der Waals surface area contributed by atoms with Crippen LogP contribution in [0.15, 0.2) is 59.0 Å². The van der Waals surface area contributed by atoms with Crippen molar-refractivity contribution in [3.05, 3.63) is 60.5 Å². The predicted molar refractivity (Wildman–Crippen MR) is 107 cm³/mol. The molecule has 0 radical (unpaired) electrons. The van der Waals surface area contributed by atoms with Gasteiger partial charge in [0.2, 0.25) is 23.6 Å². The highest BCUT2D eigenvalue weighted by Gasteiger charge is 2.14. The Morgan fingerprint density at radius 3 is 2.68 bits per heavy atom. The molecule has 2 aromatic carbocycles. The first-order chi connectivity index (χ1) is 13.7. The van der Waals surface area contributed by atoms with Crippen LogP contribution in [0.25, 0.3) is 22.5 Å². The third-order valence-corrected chi connectivity index (χ3v) is 4.41. The van der Waals surface area contributed by atoms with Gasteiger partial charge in [0.15, 0.2) is 0 Å². The van der Waals surface area contributed by atoms with E-state index in [-0.39, 0.29) is 12.3 Å². The largest absolute Gasteiger partial charge is 0.421 e. The van der Waals surface area contributed by atoms with Gasteiger partial charge in [-0.1, -0.05) is 37.3 Å². The number of imidazole rings is 1. The van der Waals surface area contributed by atoms with Gasteiger partial charge in [-0.2, -0.15) is 0 Å². The van der Waals surface area contributed by atoms with Crippen LogP contribution in [0.2, 0.25) is 0 Å². The van der Waals surface area contributed by atoms with Gasteiger partial charge < -0.3 is 8.98 Å². The molecule has 7 heteroatoms. The molecule has 1 amide bonds. The first-order valence-electron chi connectivity index (χ1n) is 9.37. The van der Waals surface area contributed by atoms with E-state index in [4.69, 9.17) is 4.42 Å². The molecule has 0 unspecified atom stereocenters. The SMILES string of the molecule is CCCn1c(NC(=O)CCc2nnc(-c3ccccc3)o2)nc2ccccc21. The molecule has 142 valence electrons. The zero-order valence-corrected chi connectivity index (χ0v) is 15.6. The van der Waals surface area contributed by atoms with Crippen molar-refractivity contribution in [2.75, 3.05) is 5.32 Å². The second-order valence-electron chi connectivity index (χ2n) is 6.49. The highest BCUT2D eigenvalue weighted by atomic mass is 16.4. The van der Waals surface area contributed by atoms with E-state index in [0.717, 1.165) is 29.6 Å². The Hall–Kier alpha value is -3.48. The molecule has 0 bridgehead atoms. The van der Waals surface area contributed by atoms with E-state index in [1.807, 2.05) is 59.2 Å². The minimum atomic E-state index is -0.132. The van der Waals surface area contributed by atoms with E-state index in [2.05, 4.69) is 27.4 Å². The number of para-hydroxylation sites is 2. The number of nitrogens with zero attached hydrogens (tertiary/aromatic N) is 4. The number of rotatable bonds is 7. The van der Waals surface area contributed by atoms with Crippen molar-refractivity contribution in [1.82, 2.24) is 19.7 Å². The van der Waals surface area contributed by atoms with Crippen LogP contribution in [0.3, 0.4) is 0 Å². The van der Waals surface area contributed by atoms with Gasteiger partial charge in [0.25, 0.3) is 0 Å². The van der Waals surface area contributed by atoms with E-state index >= 15 is 0 Å². The topological polar surface area (TPSA) is 85.8 Å². The molecule has 0 aliphatic carbocycles. The molecule has 0 saturated carbocycles. The minimum Gasteiger partial charge on any atom is -0.421 e. The van der Waals surface area contributed by atoms with Gasteiger partial charge in [-0.05, 0) is 30.7 Å². The van der Waals surface area contributed by atoms with Gasteiger partial charge in [0.05, 0.1) is 11.0 Å². The van der Waals surface area contributed by atoms with Crippen LogP contribution in [0.1, 0.15) is 25.7 Å². The van der Waals surface area contributed by atoms with Crippen molar-refractivity contribution in [2.24, 2.45) is 0 Å². The quantitative estimate of drug-likeness (QED) is 0.526. The maximum atomic E-state index is 12.4. The number of carbonyl (C=O) groups excluding carboxylic acids is 1. The summed E-state index contributed by atoms with van der Waals surface area (Å²) in [4.78, 5) is 17.0. The summed E-state index contributed by atoms with van der Waals surface area (Å²) in [5.74, 6) is 1.34. The molecule has 0 aliphatic heterocycles. The third kappa shape index (κ3) is 3.78. The first-order valence-corrected chi connectivity index (χ1v) is 9.37. The second-order valence-corrected chi connectivity index (χ2v) is 6.49. The number of aryl methyl sites for hydroxylation is 2. The van der Waals surface area contributed by atoms with Gasteiger partial charge >= 0.3 is 0 Å². The van der Waals surface area contributed by atoms with E-state index in [1.165, 1.54) is 0 Å². The normalized spacial score (nSPS) is 11.0. The lowest BCUT2D eigenvalue weighted by Gasteiger charge is -2.08. The van der Waals surface area contributed by atoms with E-state index in [9.17, 15) is 4.79 Å². The molecule has 2 aromatic heterocycles. The van der Waals surface area contributed by atoms with Crippen molar-refractivity contribution in [1.29, 1.82) is 0 Å². The molecule has 7 nitrogen and oxygen atoms in total. The summed E-state index contributed by atoms with van der Waals surface area (Å²) in [6, 6.07) is 17.4. The zero-order valence-electron chi connectivity index (χ0n) is 15.6. The number of hydrogen-bond donors (Lipinski definition) is 1. The number of anilines is 1. The van der Waals surface area contributed by atoms with E-state index in [1.54, 1.807) is 0 Å². The Morgan fingerprint density at radius 2 is 1.86 bits per heavy atom. The molecule has 4 aromatic rings. The molecule has 0 saturated heterocycles. The highest BCUT2D eigenvalue weighted by Crippen LogP contribution is 2.21. The Labute approximate surface area is 162 Å². The van der Waals surface area contributed by atoms with Crippen LogP contribution >= 0.6 is 0 Å². The van der Waals surface area contributed by atoms with Crippen LogP contribution in [-0.2, 0) is 17.8 Å². The summed E-state index contributed by atoms with van der Waals surface area (Å²) in [5.41, 5.74) is 2.75. The summed E-state index contributed by atoms with van der Waals surface area (Å²) in [7, 11) is 0. The molecule has 0 spiro atoms. The van der Waals surface area contributed by atoms with Gasteiger partial charge in [0, 0.05) is 24.9 Å². The van der Waals surface area contributed by atoms with Crippen LogP contribution in [0.5, 0.6) is 0 Å². The Balaban J connectivity index is 1.42. The number of amides is 1. The predicted octanol–water partition coefficient (Wildman–Crippen LogP) is 4.07. The number of benzene rings is 2. The fourth-order valence-corrected chi connectivity index (χ4v) is 3.08. The monoisotopic (exact) mass is 375 g/mol. The van der Waals surface area contributed by atoms with Crippen molar-refractivity contribution >= 4 is 22.9 Å². The fraction of sp³-hybridized carbons (Fsp3) is 0.238. The average molecular weight is 375 g/mol. The summed E-state index contributed by atoms with van der Waals surface area (Å²) in [5, 5.41) is 11.0. The average Bonchev–Trinajstić information content (AvgIpc) is 3.33. The first kappa shape index (κ1) is 17.9. The zero-order chi connectivity index (χ0) is 19.3. The second kappa shape index (κ2) is 8.04. The fourth-order valence-electron chi connectivity index (χ4n) is 3.08. The van der Waals surface area contributed by atoms with Gasteiger partial charge in [-0.3, -0.25) is 10.1 Å². The van der Waals surface area contributed by atoms with Crippen molar-refractivity contribution < 1.29 is 9.21 Å². The van der Waals surface area contributed by atoms with Gasteiger partial charge in [-0.15, -0.1) is 10.2 Å². The Morgan fingerprint density at radius 1 is 1.07 bits per heavy atom. The lowest BCUT2D eigenvalue weighted by Crippen LogP contribution is -2.16. The lowest BCUT2D eigenvalue weighted by molar-refractivity contribution is -0.116. The molecular formula is C21H21N5O2. The number of aromatic nitrogens is 4. The van der Waals surface area contributed by atoms with Crippen molar-refractivity contribution in [3.8, 4) is 11.5 Å². The standard InChI is InChI=1S/C21H21N5O2/c1-2-14-26-17-11-7-6-10-16(17)22-21(26)23-18(27)12-13-19-24-25-20(28-19)15-8-4-3-5-9-15/h3-11H,2,12-14H2,1H3,(H,22,23,27). The summed E-state index contributed by atoms with van der Waals surface area (Å²) in [6.45, 7) is 2.89. The number of nitrogens with one attached hydrogen (secondary N) is 1. The number of carbonyl (C=O) groups is 1. The van der Waals surface area contributed by atoms with Crippen LogP contribution in [0.4, 0.5) is 5.95 Å². The van der Waals surface area contributed by atoms with E-state index < -0.39 is 0 Å². The lowest BCUT2D eigenvalue weighted by atomic mass is 10.2. The maximum Gasteiger partial charge on any atom is 0.247 e. The Kier molecular flexibility index (Phi) is 5.14. The Bertz CT molecular complexity index is 1080. The molecule has 4 rings (SSSR count). The minimum absolute atomic E-state index is 0.132. The van der Waals surface area contributed by atoms with Crippen LogP contribution in [0, 0.1) is 0 Å². The summed E-state index contributed by atoms with van der Waals surface area (Å²) in [6.07, 6.45) is 1.57. The third-order valence-electron chi connectivity index (χ3n) is 4.41. The molecule has 28 heavy (non-hydrogen) atoms. The summed E-state index contributed by atoms with van der Waals surface area (Å²) >= 11 is 0. The smallest absolute Gasteiger partial charge is 0.247 e. The molecule has 0 fully saturated rings. The molecule has 1 N–H and O–H groups in total. The number of hydrogen-bond acceptors (Lipinski definition) is 5. The molecule has 0 aliphatic rings. The van der Waals surface area contributed by atoms with Gasteiger partial charge in [-0.25, -0.2) is 4.98 Å². The van der Waals surface area contributed by atoms with Crippen LogP contribution in [-0.4, -0.2) is 25.7 Å². The molecule has 0 atom stereocenters. The summed E-state index contributed by atoms with van der Waals surface area (Å²) < 4.78 is 7.69. The van der Waals surface area contributed by atoms with Crippen LogP contribution < -0.4 is 5.32 Å². The van der Waals surface area contributed by atoms with E-state index in [0.29, 0.717) is 24.2 Å². The van der Waals surface area contributed by atoms with Crippen molar-refractivity contribution in [2.45, 2.75) is 32.7 Å². The molecular weight excluding hydrogens is 354 g/mol.